The van der Waals surface area contributed by atoms with E-state index < -0.39 is 11.8 Å². The summed E-state index contributed by atoms with van der Waals surface area (Å²) in [7, 11) is 0. The fraction of sp³-hybridized carbons (Fsp3) is 0.250. The van der Waals surface area contributed by atoms with E-state index in [4.69, 9.17) is 5.26 Å². The molecule has 2 N–H and O–H groups in total. The van der Waals surface area contributed by atoms with Crippen molar-refractivity contribution in [3.05, 3.63) is 45.6 Å². The Morgan fingerprint density at radius 3 is 2.50 bits per heavy atom. The van der Waals surface area contributed by atoms with Gasteiger partial charge < -0.3 is 10.4 Å². The minimum atomic E-state index is -1.14. The second-order valence-corrected chi connectivity index (χ2v) is 5.31. The van der Waals surface area contributed by atoms with Crippen LogP contribution in [0, 0.1) is 31.0 Å². The van der Waals surface area contributed by atoms with Crippen LogP contribution in [0.25, 0.3) is 0 Å². The van der Waals surface area contributed by atoms with Gasteiger partial charge in [-0.15, -0.1) is 11.3 Å². The summed E-state index contributed by atoms with van der Waals surface area (Å²) in [5, 5.41) is 21.2. The van der Waals surface area contributed by atoms with E-state index in [1.807, 2.05) is 19.9 Å². The first-order chi connectivity index (χ1) is 10.4. The summed E-state index contributed by atoms with van der Waals surface area (Å²) in [4.78, 5) is 11.6. The van der Waals surface area contributed by atoms with Gasteiger partial charge in [0.05, 0.1) is 11.3 Å². The van der Waals surface area contributed by atoms with Crippen molar-refractivity contribution in [1.82, 2.24) is 0 Å². The quantitative estimate of drug-likeness (QED) is 0.848. The van der Waals surface area contributed by atoms with Crippen molar-refractivity contribution < 1.29 is 14.3 Å². The summed E-state index contributed by atoms with van der Waals surface area (Å²) in [5.41, 5.74) is 1.35. The predicted octanol–water partition coefficient (Wildman–Crippen LogP) is 4.84. The monoisotopic (exact) mass is 320 g/mol. The van der Waals surface area contributed by atoms with Crippen LogP contribution in [0.1, 0.15) is 40.2 Å². The fourth-order valence-electron chi connectivity index (χ4n) is 1.81. The molecule has 6 heteroatoms. The molecule has 0 aliphatic heterocycles. The van der Waals surface area contributed by atoms with E-state index in [1.165, 1.54) is 12.1 Å². The lowest BCUT2D eigenvalue weighted by Crippen LogP contribution is -2.02. The number of nitrogens with zero attached hydrogens (tertiary/aromatic N) is 1. The van der Waals surface area contributed by atoms with Crippen LogP contribution in [0.4, 0.5) is 15.1 Å². The van der Waals surface area contributed by atoms with E-state index in [0.717, 1.165) is 16.9 Å². The minimum absolute atomic E-state index is 0.00604. The summed E-state index contributed by atoms with van der Waals surface area (Å²) in [6.45, 7) is 7.33. The molecule has 1 aromatic carbocycles. The van der Waals surface area contributed by atoms with Crippen LogP contribution < -0.4 is 5.32 Å². The molecule has 0 bridgehead atoms. The third kappa shape index (κ3) is 3.62. The number of benzene rings is 1. The van der Waals surface area contributed by atoms with Crippen LogP contribution in [0.5, 0.6) is 0 Å². The number of halogens is 1. The third-order valence-electron chi connectivity index (χ3n) is 2.83. The molecule has 0 aliphatic carbocycles. The van der Waals surface area contributed by atoms with Gasteiger partial charge in [0.15, 0.2) is 0 Å². The normalized spacial score (nSPS) is 9.45. The molecule has 0 saturated carbocycles. The first-order valence-corrected chi connectivity index (χ1v) is 7.55. The Morgan fingerprint density at radius 1 is 1.36 bits per heavy atom. The Balaban J connectivity index is 0.00000116. The summed E-state index contributed by atoms with van der Waals surface area (Å²) >= 11 is 1.00. The zero-order chi connectivity index (χ0) is 16.9. The SMILES string of the molecule is CC.Cc1ccc(Nc2sc(C#N)c(C)c2C(=O)O)c(F)c1. The summed E-state index contributed by atoms with van der Waals surface area (Å²) in [6.07, 6.45) is 0. The average molecular weight is 320 g/mol. The molecule has 4 nitrogen and oxygen atoms in total. The number of rotatable bonds is 3. The molecule has 2 aromatic rings. The standard InChI is InChI=1S/C14H11FN2O2S.C2H6/c1-7-3-4-10(9(15)5-7)17-13-12(14(18)19)8(2)11(6-16)20-13;1-2/h3-5,17H,1-2H3,(H,18,19);1-2H3. The number of aryl methyl sites for hydroxylation is 1. The highest BCUT2D eigenvalue weighted by molar-refractivity contribution is 7.17. The smallest absolute Gasteiger partial charge is 0.339 e. The van der Waals surface area contributed by atoms with E-state index in [-0.39, 0.29) is 16.3 Å². The van der Waals surface area contributed by atoms with Crippen molar-refractivity contribution >= 4 is 28.0 Å². The molecular weight excluding hydrogens is 303 g/mol. The van der Waals surface area contributed by atoms with E-state index in [9.17, 15) is 14.3 Å². The van der Waals surface area contributed by atoms with Crippen molar-refractivity contribution in [2.75, 3.05) is 5.32 Å². The van der Waals surface area contributed by atoms with Crippen molar-refractivity contribution in [2.24, 2.45) is 0 Å². The number of carbonyl (C=O) groups is 1. The molecule has 0 atom stereocenters. The largest absolute Gasteiger partial charge is 0.478 e. The molecule has 0 amide bonds. The first-order valence-electron chi connectivity index (χ1n) is 6.74. The van der Waals surface area contributed by atoms with Gasteiger partial charge in [-0.05, 0) is 37.1 Å². The number of thiophene rings is 1. The van der Waals surface area contributed by atoms with Gasteiger partial charge in [0, 0.05) is 0 Å². The molecule has 1 aromatic heterocycles. The summed E-state index contributed by atoms with van der Waals surface area (Å²) in [5.74, 6) is -1.61. The Bertz CT molecular complexity index is 732. The summed E-state index contributed by atoms with van der Waals surface area (Å²) < 4.78 is 13.8. The lowest BCUT2D eigenvalue weighted by atomic mass is 10.1. The topological polar surface area (TPSA) is 73.1 Å². The molecule has 0 aliphatic rings. The Hall–Kier alpha value is -2.39. The summed E-state index contributed by atoms with van der Waals surface area (Å²) in [6, 6.07) is 6.56. The molecule has 0 saturated heterocycles. The number of aromatic carboxylic acids is 1. The van der Waals surface area contributed by atoms with Crippen molar-refractivity contribution in [2.45, 2.75) is 27.7 Å². The highest BCUT2D eigenvalue weighted by Gasteiger charge is 2.21. The predicted molar refractivity (Wildman–Crippen MR) is 86.5 cm³/mol. The first kappa shape index (κ1) is 17.7. The van der Waals surface area contributed by atoms with Gasteiger partial charge in [-0.3, -0.25) is 0 Å². The van der Waals surface area contributed by atoms with Gasteiger partial charge in [-0.25, -0.2) is 9.18 Å². The maximum atomic E-state index is 13.8. The van der Waals surface area contributed by atoms with Crippen LogP contribution in [0.2, 0.25) is 0 Å². The number of hydrogen-bond donors (Lipinski definition) is 2. The second kappa shape index (κ2) is 7.57. The maximum absolute atomic E-state index is 13.8. The van der Waals surface area contributed by atoms with Crippen molar-refractivity contribution in [1.29, 1.82) is 5.26 Å². The molecule has 0 unspecified atom stereocenters. The molecule has 22 heavy (non-hydrogen) atoms. The lowest BCUT2D eigenvalue weighted by molar-refractivity contribution is 0.0697. The third-order valence-corrected chi connectivity index (χ3v) is 3.95. The molecule has 116 valence electrons. The Labute approximate surface area is 132 Å². The molecule has 1 heterocycles. The highest BCUT2D eigenvalue weighted by Crippen LogP contribution is 2.35. The number of nitriles is 1. The van der Waals surface area contributed by atoms with Crippen LogP contribution in [-0.2, 0) is 0 Å². The van der Waals surface area contributed by atoms with Gasteiger partial charge in [0.25, 0.3) is 0 Å². The van der Waals surface area contributed by atoms with Crippen molar-refractivity contribution in [3.8, 4) is 6.07 Å². The fourth-order valence-corrected chi connectivity index (χ4v) is 2.82. The van der Waals surface area contributed by atoms with Crippen LogP contribution in [0.3, 0.4) is 0 Å². The van der Waals surface area contributed by atoms with Crippen LogP contribution in [-0.4, -0.2) is 11.1 Å². The Morgan fingerprint density at radius 2 is 2.00 bits per heavy atom. The van der Waals surface area contributed by atoms with Gasteiger partial charge in [0.1, 0.15) is 21.8 Å². The van der Waals surface area contributed by atoms with Crippen LogP contribution >= 0.6 is 11.3 Å². The highest BCUT2D eigenvalue weighted by atomic mass is 32.1. The maximum Gasteiger partial charge on any atom is 0.339 e. The second-order valence-electron chi connectivity index (χ2n) is 4.29. The zero-order valence-corrected chi connectivity index (χ0v) is 13.6. The number of carboxylic acids is 1. The molecule has 0 fully saturated rings. The van der Waals surface area contributed by atoms with Gasteiger partial charge in [-0.2, -0.15) is 5.26 Å². The number of nitrogens with one attached hydrogen (secondary N) is 1. The van der Waals surface area contributed by atoms with E-state index in [1.54, 1.807) is 19.9 Å². The number of hydrogen-bond acceptors (Lipinski definition) is 4. The Kier molecular flexibility index (Phi) is 6.08. The van der Waals surface area contributed by atoms with Gasteiger partial charge in [-0.1, -0.05) is 19.9 Å². The molecule has 0 radical (unpaired) electrons. The van der Waals surface area contributed by atoms with Crippen molar-refractivity contribution in [3.63, 3.8) is 0 Å². The average Bonchev–Trinajstić information content (AvgIpc) is 2.80. The number of carboxylic acid groups (broad SMARTS) is 1. The van der Waals surface area contributed by atoms with E-state index in [0.29, 0.717) is 10.4 Å². The molecular formula is C16H17FN2O2S. The zero-order valence-electron chi connectivity index (χ0n) is 12.8. The van der Waals surface area contributed by atoms with Gasteiger partial charge in [0.2, 0.25) is 0 Å². The molecule has 0 spiro atoms. The van der Waals surface area contributed by atoms with E-state index >= 15 is 0 Å². The van der Waals surface area contributed by atoms with Gasteiger partial charge >= 0.3 is 5.97 Å². The minimum Gasteiger partial charge on any atom is -0.478 e. The lowest BCUT2D eigenvalue weighted by Gasteiger charge is -2.07. The van der Waals surface area contributed by atoms with Crippen LogP contribution in [0.15, 0.2) is 18.2 Å². The van der Waals surface area contributed by atoms with E-state index in [2.05, 4.69) is 5.32 Å². The number of anilines is 2. The molecule has 2 rings (SSSR count).